The molecule has 0 aromatic heterocycles. The number of halogens is 2. The van der Waals surface area contributed by atoms with Crippen LogP contribution >= 0.6 is 23.2 Å². The normalized spacial score (nSPS) is 12.1. The van der Waals surface area contributed by atoms with E-state index in [1.54, 1.807) is 13.0 Å². The smallest absolute Gasteiger partial charge is 0.347 e. The quantitative estimate of drug-likeness (QED) is 0.780. The number of carbonyl (C=O) groups excluding carboxylic acids is 1. The lowest BCUT2D eigenvalue weighted by atomic mass is 10.2. The molecule has 20 heavy (non-hydrogen) atoms. The molecule has 1 N–H and O–H groups in total. The number of benzene rings is 1. The molecule has 1 unspecified atom stereocenters. The van der Waals surface area contributed by atoms with Crippen LogP contribution in [0.5, 0.6) is 5.75 Å². The van der Waals surface area contributed by atoms with Crippen LogP contribution in [-0.2, 0) is 16.1 Å². The van der Waals surface area contributed by atoms with Crippen molar-refractivity contribution in [2.45, 2.75) is 39.4 Å². The molecule has 1 aromatic rings. The van der Waals surface area contributed by atoms with Gasteiger partial charge < -0.3 is 14.6 Å². The lowest BCUT2D eigenvalue weighted by Gasteiger charge is -2.20. The molecule has 0 saturated carbocycles. The van der Waals surface area contributed by atoms with Gasteiger partial charge in [-0.2, -0.15) is 0 Å². The third kappa shape index (κ3) is 4.54. The summed E-state index contributed by atoms with van der Waals surface area (Å²) >= 11 is 11.9. The van der Waals surface area contributed by atoms with E-state index in [9.17, 15) is 9.90 Å². The maximum absolute atomic E-state index is 11.8. The summed E-state index contributed by atoms with van der Waals surface area (Å²) < 4.78 is 10.6. The Bertz CT molecular complexity index is 463. The van der Waals surface area contributed by atoms with Crippen molar-refractivity contribution >= 4 is 29.2 Å². The second-order valence-corrected chi connectivity index (χ2v) is 5.02. The van der Waals surface area contributed by atoms with Gasteiger partial charge in [-0.15, -0.1) is 0 Å². The van der Waals surface area contributed by atoms with Crippen molar-refractivity contribution in [1.82, 2.24) is 0 Å². The van der Waals surface area contributed by atoms with Gasteiger partial charge in [0.2, 0.25) is 0 Å². The lowest BCUT2D eigenvalue weighted by Crippen LogP contribution is -2.29. The first kappa shape index (κ1) is 17.1. The Morgan fingerprint density at radius 2 is 2.05 bits per heavy atom. The third-order valence-corrected chi connectivity index (χ3v) is 3.12. The van der Waals surface area contributed by atoms with Gasteiger partial charge in [0.25, 0.3) is 0 Å². The molecule has 0 aliphatic heterocycles. The maximum Gasteiger partial charge on any atom is 0.347 e. The molecule has 112 valence electrons. The first-order valence-corrected chi connectivity index (χ1v) is 7.21. The summed E-state index contributed by atoms with van der Waals surface area (Å²) in [4.78, 5) is 11.8. The van der Waals surface area contributed by atoms with E-state index < -0.39 is 12.1 Å². The van der Waals surface area contributed by atoms with Crippen LogP contribution in [0.1, 0.15) is 32.3 Å². The minimum atomic E-state index is -0.746. The Morgan fingerprint density at radius 1 is 1.35 bits per heavy atom. The monoisotopic (exact) mass is 320 g/mol. The fraction of sp³-hybridized carbons (Fsp3) is 0.500. The number of carbonyl (C=O) groups is 1. The molecule has 6 heteroatoms. The molecule has 0 spiro atoms. The van der Waals surface area contributed by atoms with Gasteiger partial charge in [0.15, 0.2) is 6.10 Å². The van der Waals surface area contributed by atoms with Crippen molar-refractivity contribution in [3.05, 3.63) is 27.7 Å². The molecule has 0 amide bonds. The predicted octanol–water partition coefficient (Wildman–Crippen LogP) is 3.60. The standard InChI is InChI=1S/C14H18Cl2O4/c1-3-5-12(14(18)19-4-2)20-13-9(8-17)6-10(15)7-11(13)16/h6-7,12,17H,3-5,8H2,1-2H3. The van der Waals surface area contributed by atoms with E-state index in [2.05, 4.69) is 0 Å². The molecule has 1 aromatic carbocycles. The molecule has 1 atom stereocenters. The van der Waals surface area contributed by atoms with Gasteiger partial charge in [-0.25, -0.2) is 4.79 Å². The van der Waals surface area contributed by atoms with E-state index in [-0.39, 0.29) is 24.0 Å². The summed E-state index contributed by atoms with van der Waals surface area (Å²) in [5.41, 5.74) is 0.438. The Hall–Kier alpha value is -0.970. The molecule has 0 aliphatic rings. The van der Waals surface area contributed by atoms with Crippen molar-refractivity contribution in [3.8, 4) is 5.75 Å². The number of hydrogen-bond donors (Lipinski definition) is 1. The molecule has 4 nitrogen and oxygen atoms in total. The van der Waals surface area contributed by atoms with Crippen molar-refractivity contribution < 1.29 is 19.4 Å². The second-order valence-electron chi connectivity index (χ2n) is 4.18. The highest BCUT2D eigenvalue weighted by molar-refractivity contribution is 6.35. The van der Waals surface area contributed by atoms with Crippen LogP contribution in [0, 0.1) is 0 Å². The molecular formula is C14H18Cl2O4. The lowest BCUT2D eigenvalue weighted by molar-refractivity contribution is -0.151. The summed E-state index contributed by atoms with van der Waals surface area (Å²) in [5.74, 6) is -0.172. The fourth-order valence-electron chi connectivity index (χ4n) is 1.73. The van der Waals surface area contributed by atoms with Crippen LogP contribution in [-0.4, -0.2) is 23.8 Å². The van der Waals surface area contributed by atoms with Crippen molar-refractivity contribution in [2.24, 2.45) is 0 Å². The van der Waals surface area contributed by atoms with Gasteiger partial charge >= 0.3 is 5.97 Å². The molecule has 0 heterocycles. The van der Waals surface area contributed by atoms with Crippen LogP contribution < -0.4 is 4.74 Å². The minimum absolute atomic E-state index is 0.256. The predicted molar refractivity (Wildman–Crippen MR) is 78.3 cm³/mol. The van der Waals surface area contributed by atoms with Crippen molar-refractivity contribution in [3.63, 3.8) is 0 Å². The fourth-order valence-corrected chi connectivity index (χ4v) is 2.31. The number of aliphatic hydroxyl groups is 1. The van der Waals surface area contributed by atoms with E-state index in [0.29, 0.717) is 17.0 Å². The number of ether oxygens (including phenoxy) is 2. The first-order chi connectivity index (χ1) is 9.53. The molecule has 0 aliphatic carbocycles. The van der Waals surface area contributed by atoms with Crippen LogP contribution in [0.2, 0.25) is 10.0 Å². The Labute approximate surface area is 128 Å². The summed E-state index contributed by atoms with van der Waals surface area (Å²) in [6.45, 7) is 3.67. The van der Waals surface area contributed by atoms with E-state index >= 15 is 0 Å². The highest BCUT2D eigenvalue weighted by Gasteiger charge is 2.23. The summed E-state index contributed by atoms with van der Waals surface area (Å²) in [6.07, 6.45) is 0.509. The van der Waals surface area contributed by atoms with Crippen LogP contribution in [0.15, 0.2) is 12.1 Å². The summed E-state index contributed by atoms with van der Waals surface area (Å²) in [5, 5.41) is 9.99. The van der Waals surface area contributed by atoms with E-state index in [1.807, 2.05) is 6.92 Å². The van der Waals surface area contributed by atoms with Gasteiger partial charge in [-0.05, 0) is 25.5 Å². The van der Waals surface area contributed by atoms with Gasteiger partial charge in [0, 0.05) is 10.6 Å². The maximum atomic E-state index is 11.8. The van der Waals surface area contributed by atoms with Crippen LogP contribution in [0.4, 0.5) is 0 Å². The Morgan fingerprint density at radius 3 is 2.60 bits per heavy atom. The summed E-state index contributed by atoms with van der Waals surface area (Å²) in [6, 6.07) is 3.06. The van der Waals surface area contributed by atoms with Gasteiger partial charge in [0.1, 0.15) is 5.75 Å². The highest BCUT2D eigenvalue weighted by atomic mass is 35.5. The number of esters is 1. The van der Waals surface area contributed by atoms with Gasteiger partial charge in [-0.1, -0.05) is 36.5 Å². The molecule has 0 fully saturated rings. The average molecular weight is 321 g/mol. The molecule has 0 radical (unpaired) electrons. The van der Waals surface area contributed by atoms with Gasteiger partial charge in [0.05, 0.1) is 18.2 Å². The molecule has 0 bridgehead atoms. The third-order valence-electron chi connectivity index (χ3n) is 2.62. The largest absolute Gasteiger partial charge is 0.477 e. The van der Waals surface area contributed by atoms with Crippen molar-refractivity contribution in [2.75, 3.05) is 6.61 Å². The molecule has 1 rings (SSSR count). The van der Waals surface area contributed by atoms with Crippen LogP contribution in [0.25, 0.3) is 0 Å². The minimum Gasteiger partial charge on any atom is -0.477 e. The van der Waals surface area contributed by atoms with E-state index in [4.69, 9.17) is 32.7 Å². The zero-order chi connectivity index (χ0) is 15.1. The second kappa shape index (κ2) is 8.35. The Kier molecular flexibility index (Phi) is 7.13. The SMILES string of the molecule is CCCC(Oc1c(Cl)cc(Cl)cc1CO)C(=O)OCC. The number of hydrogen-bond acceptors (Lipinski definition) is 4. The van der Waals surface area contributed by atoms with Crippen LogP contribution in [0.3, 0.4) is 0 Å². The van der Waals surface area contributed by atoms with E-state index in [1.165, 1.54) is 6.07 Å². The molecule has 0 saturated heterocycles. The topological polar surface area (TPSA) is 55.8 Å². The zero-order valence-corrected chi connectivity index (χ0v) is 13.0. The Balaban J connectivity index is 3.01. The van der Waals surface area contributed by atoms with Gasteiger partial charge in [-0.3, -0.25) is 0 Å². The highest BCUT2D eigenvalue weighted by Crippen LogP contribution is 2.33. The van der Waals surface area contributed by atoms with E-state index in [0.717, 1.165) is 6.42 Å². The average Bonchev–Trinajstić information content (AvgIpc) is 2.40. The number of rotatable bonds is 7. The van der Waals surface area contributed by atoms with Crippen molar-refractivity contribution in [1.29, 1.82) is 0 Å². The first-order valence-electron chi connectivity index (χ1n) is 6.45. The number of aliphatic hydroxyl groups excluding tert-OH is 1. The zero-order valence-electron chi connectivity index (χ0n) is 11.5. The summed E-state index contributed by atoms with van der Waals surface area (Å²) in [7, 11) is 0. The molecular weight excluding hydrogens is 303 g/mol.